The Morgan fingerprint density at radius 3 is 2.37 bits per heavy atom. The Balaban J connectivity index is 1.47. The number of halogens is 1. The number of hydrogen-bond acceptors (Lipinski definition) is 3. The number of aliphatic carboxylic acids is 1. The number of unbranched alkanes of at least 4 members (excludes halogenated alkanes) is 2. The lowest BCUT2D eigenvalue weighted by Gasteiger charge is -2.27. The van der Waals surface area contributed by atoms with E-state index in [1.807, 2.05) is 42.5 Å². The maximum Gasteiger partial charge on any atom is 0.326 e. The predicted molar refractivity (Wildman–Crippen MR) is 151 cm³/mol. The Labute approximate surface area is 228 Å². The third kappa shape index (κ3) is 5.91. The lowest BCUT2D eigenvalue weighted by Crippen LogP contribution is -2.44. The van der Waals surface area contributed by atoms with E-state index in [0.29, 0.717) is 27.4 Å². The summed E-state index contributed by atoms with van der Waals surface area (Å²) in [6.07, 6.45) is 4.53. The van der Waals surface area contributed by atoms with Crippen molar-refractivity contribution in [3.63, 3.8) is 0 Å². The first-order valence-corrected chi connectivity index (χ1v) is 13.4. The number of carbonyl (C=O) groups is 3. The number of carboxylic acid groups (broad SMARTS) is 1. The second kappa shape index (κ2) is 11.8. The van der Waals surface area contributed by atoms with Crippen LogP contribution in [0.5, 0.6) is 0 Å². The first-order chi connectivity index (χ1) is 18.2. The highest BCUT2D eigenvalue weighted by Gasteiger charge is 2.38. The van der Waals surface area contributed by atoms with Gasteiger partial charge in [-0.3, -0.25) is 9.59 Å². The number of carboxylic acids is 1. The molecule has 0 bridgehead atoms. The van der Waals surface area contributed by atoms with Gasteiger partial charge >= 0.3 is 5.97 Å². The van der Waals surface area contributed by atoms with Gasteiger partial charge in [0.05, 0.1) is 5.02 Å². The molecule has 38 heavy (non-hydrogen) atoms. The molecule has 0 aliphatic carbocycles. The fourth-order valence-corrected chi connectivity index (χ4v) is 5.22. The van der Waals surface area contributed by atoms with E-state index < -0.39 is 12.0 Å². The van der Waals surface area contributed by atoms with E-state index in [0.717, 1.165) is 24.0 Å². The molecule has 3 aromatic rings. The number of aryl methyl sites for hydroxylation is 1. The van der Waals surface area contributed by atoms with Crippen LogP contribution in [-0.4, -0.2) is 33.8 Å². The van der Waals surface area contributed by atoms with Gasteiger partial charge in [0.25, 0.3) is 11.8 Å². The van der Waals surface area contributed by atoms with Crippen LogP contribution in [0.1, 0.15) is 71.9 Å². The van der Waals surface area contributed by atoms with Gasteiger partial charge in [-0.1, -0.05) is 75.5 Å². The van der Waals surface area contributed by atoms with Gasteiger partial charge < -0.3 is 15.3 Å². The molecule has 1 aliphatic heterocycles. The number of amides is 2. The summed E-state index contributed by atoms with van der Waals surface area (Å²) in [5.74, 6) is -1.73. The smallest absolute Gasteiger partial charge is 0.326 e. The normalized spacial score (nSPS) is 13.5. The minimum atomic E-state index is -1.01. The van der Waals surface area contributed by atoms with E-state index in [1.54, 1.807) is 32.0 Å². The highest BCUT2D eigenvalue weighted by atomic mass is 35.5. The SMILES string of the molecule is CCCCCc1ccc(C(=O)Nc2ccc(-c3ccc4c(c3)C(=O)N(C(C(=O)O)C(C)C)C4)c(Cl)c2)cc1. The number of nitrogens with one attached hydrogen (secondary N) is 1. The Hall–Kier alpha value is -3.64. The lowest BCUT2D eigenvalue weighted by molar-refractivity contribution is -0.144. The van der Waals surface area contributed by atoms with Crippen LogP contribution >= 0.6 is 11.6 Å². The van der Waals surface area contributed by atoms with Crippen molar-refractivity contribution < 1.29 is 19.5 Å². The monoisotopic (exact) mass is 532 g/mol. The number of anilines is 1. The number of hydrogen-bond donors (Lipinski definition) is 2. The van der Waals surface area contributed by atoms with Crippen molar-refractivity contribution in [2.75, 3.05) is 5.32 Å². The van der Waals surface area contributed by atoms with E-state index in [2.05, 4.69) is 12.2 Å². The summed E-state index contributed by atoms with van der Waals surface area (Å²) >= 11 is 6.60. The van der Waals surface area contributed by atoms with Gasteiger partial charge in [-0.15, -0.1) is 0 Å². The molecular weight excluding hydrogens is 500 g/mol. The van der Waals surface area contributed by atoms with Crippen molar-refractivity contribution in [1.82, 2.24) is 4.90 Å². The van der Waals surface area contributed by atoms with Gasteiger partial charge in [-0.05, 0) is 65.8 Å². The average molecular weight is 533 g/mol. The maximum absolute atomic E-state index is 13.1. The van der Waals surface area contributed by atoms with Crippen LogP contribution in [0.25, 0.3) is 11.1 Å². The standard InChI is InChI=1S/C31H33ClN2O4/c1-4-5-6-7-20-8-10-21(11-9-20)29(35)33-24-14-15-25(27(32)17-24)22-12-13-23-18-34(30(36)26(23)16-22)28(19(2)3)31(37)38/h8-17,19,28H,4-7,18H2,1-3H3,(H,33,35)(H,37,38). The van der Waals surface area contributed by atoms with E-state index in [1.165, 1.54) is 23.3 Å². The molecule has 6 nitrogen and oxygen atoms in total. The Morgan fingerprint density at radius 2 is 1.74 bits per heavy atom. The molecule has 1 heterocycles. The maximum atomic E-state index is 13.1. The van der Waals surface area contributed by atoms with Crippen molar-refractivity contribution in [1.29, 1.82) is 0 Å². The van der Waals surface area contributed by atoms with Crippen LogP contribution in [0.2, 0.25) is 5.02 Å². The van der Waals surface area contributed by atoms with E-state index >= 15 is 0 Å². The minimum Gasteiger partial charge on any atom is -0.480 e. The van der Waals surface area contributed by atoms with Crippen LogP contribution in [0, 0.1) is 5.92 Å². The van der Waals surface area contributed by atoms with E-state index in [9.17, 15) is 19.5 Å². The number of rotatable bonds is 10. The molecule has 0 saturated heterocycles. The molecule has 0 fully saturated rings. The number of nitrogens with zero attached hydrogens (tertiary/aromatic N) is 1. The minimum absolute atomic E-state index is 0.213. The van der Waals surface area contributed by atoms with Gasteiger partial charge in [-0.2, -0.15) is 0 Å². The molecule has 2 amide bonds. The van der Waals surface area contributed by atoms with Crippen molar-refractivity contribution in [3.05, 3.63) is 87.9 Å². The van der Waals surface area contributed by atoms with Gasteiger partial charge in [-0.25, -0.2) is 4.79 Å². The van der Waals surface area contributed by atoms with Crippen molar-refractivity contribution >= 4 is 35.1 Å². The summed E-state index contributed by atoms with van der Waals surface area (Å²) < 4.78 is 0. The molecule has 198 valence electrons. The zero-order valence-corrected chi connectivity index (χ0v) is 22.7. The fraction of sp³-hybridized carbons (Fsp3) is 0.323. The first kappa shape index (κ1) is 27.4. The lowest BCUT2D eigenvalue weighted by atomic mass is 10.00. The molecule has 1 atom stereocenters. The Morgan fingerprint density at radius 1 is 1.00 bits per heavy atom. The molecule has 0 spiro atoms. The molecule has 0 saturated carbocycles. The third-order valence-corrected chi connectivity index (χ3v) is 7.30. The Kier molecular flexibility index (Phi) is 8.52. The number of benzene rings is 3. The third-order valence-electron chi connectivity index (χ3n) is 6.99. The summed E-state index contributed by atoms with van der Waals surface area (Å²) in [4.78, 5) is 39.0. The molecule has 0 radical (unpaired) electrons. The topological polar surface area (TPSA) is 86.7 Å². The second-order valence-corrected chi connectivity index (χ2v) is 10.5. The van der Waals surface area contributed by atoms with Crippen LogP contribution in [0.4, 0.5) is 5.69 Å². The van der Waals surface area contributed by atoms with Gasteiger partial charge in [0.15, 0.2) is 0 Å². The predicted octanol–water partition coefficient (Wildman–Crippen LogP) is 7.06. The van der Waals surface area contributed by atoms with Crippen LogP contribution in [0.3, 0.4) is 0 Å². The molecule has 0 aromatic heterocycles. The highest BCUT2D eigenvalue weighted by molar-refractivity contribution is 6.33. The first-order valence-electron chi connectivity index (χ1n) is 13.1. The van der Waals surface area contributed by atoms with Gasteiger partial charge in [0.1, 0.15) is 6.04 Å². The van der Waals surface area contributed by atoms with Crippen molar-refractivity contribution in [3.8, 4) is 11.1 Å². The molecule has 4 rings (SSSR count). The van der Waals surface area contributed by atoms with Crippen LogP contribution < -0.4 is 5.32 Å². The van der Waals surface area contributed by atoms with Crippen LogP contribution in [0.15, 0.2) is 60.7 Å². The summed E-state index contributed by atoms with van der Waals surface area (Å²) in [5, 5.41) is 13.0. The zero-order chi connectivity index (χ0) is 27.4. The largest absolute Gasteiger partial charge is 0.480 e. The second-order valence-electron chi connectivity index (χ2n) is 10.1. The Bertz CT molecular complexity index is 1350. The van der Waals surface area contributed by atoms with E-state index in [4.69, 9.17) is 11.6 Å². The molecule has 3 aromatic carbocycles. The molecule has 1 aliphatic rings. The number of carbonyl (C=O) groups excluding carboxylic acids is 2. The van der Waals surface area contributed by atoms with Gasteiger partial charge in [0.2, 0.25) is 0 Å². The molecule has 7 heteroatoms. The van der Waals surface area contributed by atoms with Crippen molar-refractivity contribution in [2.24, 2.45) is 5.92 Å². The summed E-state index contributed by atoms with van der Waals surface area (Å²) in [7, 11) is 0. The summed E-state index contributed by atoms with van der Waals surface area (Å²) in [6.45, 7) is 6.04. The fourth-order valence-electron chi connectivity index (χ4n) is 4.93. The van der Waals surface area contributed by atoms with E-state index in [-0.39, 0.29) is 24.3 Å². The summed E-state index contributed by atoms with van der Waals surface area (Å²) in [6, 6.07) is 17.5. The molecule has 1 unspecified atom stereocenters. The molecular formula is C31H33ClN2O4. The quantitative estimate of drug-likeness (QED) is 0.274. The summed E-state index contributed by atoms with van der Waals surface area (Å²) in [5.41, 5.74) is 5.11. The van der Waals surface area contributed by atoms with Crippen LogP contribution in [-0.2, 0) is 17.8 Å². The highest BCUT2D eigenvalue weighted by Crippen LogP contribution is 2.35. The molecule has 2 N–H and O–H groups in total. The zero-order valence-electron chi connectivity index (χ0n) is 22.0. The van der Waals surface area contributed by atoms with Gasteiger partial charge in [0, 0.05) is 28.9 Å². The average Bonchev–Trinajstić information content (AvgIpc) is 3.19. The number of fused-ring (bicyclic) bond motifs is 1. The van der Waals surface area contributed by atoms with Crippen molar-refractivity contribution in [2.45, 2.75) is 59.0 Å².